The van der Waals surface area contributed by atoms with Crippen LogP contribution in [0.2, 0.25) is 0 Å². The van der Waals surface area contributed by atoms with Crippen molar-refractivity contribution < 1.29 is 9.90 Å². The number of hydrogen-bond donors (Lipinski definition) is 2. The van der Waals surface area contributed by atoms with E-state index in [1.807, 2.05) is 24.3 Å². The number of nitrogens with zero attached hydrogens (tertiary/aromatic N) is 2. The van der Waals surface area contributed by atoms with Gasteiger partial charge in [-0.15, -0.1) is 0 Å². The van der Waals surface area contributed by atoms with Gasteiger partial charge in [0.2, 0.25) is 0 Å². The molecule has 15 heavy (non-hydrogen) atoms. The average Bonchev–Trinajstić information content (AvgIpc) is 2.62. The molecule has 0 amide bonds. The molecule has 5 nitrogen and oxygen atoms in total. The van der Waals surface area contributed by atoms with Crippen molar-refractivity contribution in [2.45, 2.75) is 12.6 Å². The third-order valence-electron chi connectivity index (χ3n) is 2.24. The van der Waals surface area contributed by atoms with Crippen molar-refractivity contribution in [2.24, 2.45) is 5.73 Å². The van der Waals surface area contributed by atoms with Gasteiger partial charge in [0.05, 0.1) is 18.3 Å². The van der Waals surface area contributed by atoms with Crippen LogP contribution in [0.25, 0.3) is 10.9 Å². The molecule has 2 aromatic rings. The van der Waals surface area contributed by atoms with E-state index in [0.29, 0.717) is 0 Å². The summed E-state index contributed by atoms with van der Waals surface area (Å²) in [5.41, 5.74) is 6.34. The zero-order chi connectivity index (χ0) is 10.8. The van der Waals surface area contributed by atoms with Gasteiger partial charge < -0.3 is 10.8 Å². The van der Waals surface area contributed by atoms with E-state index in [-0.39, 0.29) is 6.54 Å². The fraction of sp³-hybridized carbons (Fsp3) is 0.200. The summed E-state index contributed by atoms with van der Waals surface area (Å²) in [7, 11) is 0. The summed E-state index contributed by atoms with van der Waals surface area (Å²) in [5.74, 6) is -1.02. The van der Waals surface area contributed by atoms with Gasteiger partial charge in [-0.05, 0) is 6.07 Å². The van der Waals surface area contributed by atoms with Crippen LogP contribution >= 0.6 is 0 Å². The van der Waals surface area contributed by atoms with Crippen LogP contribution in [-0.4, -0.2) is 26.9 Å². The molecule has 0 spiro atoms. The van der Waals surface area contributed by atoms with E-state index in [1.54, 1.807) is 10.9 Å². The lowest BCUT2D eigenvalue weighted by molar-refractivity contribution is -0.138. The van der Waals surface area contributed by atoms with Crippen molar-refractivity contribution in [1.82, 2.24) is 9.78 Å². The number of para-hydroxylation sites is 1. The van der Waals surface area contributed by atoms with Crippen LogP contribution in [0.5, 0.6) is 0 Å². The van der Waals surface area contributed by atoms with Crippen LogP contribution < -0.4 is 5.73 Å². The molecular weight excluding hydrogens is 194 g/mol. The van der Waals surface area contributed by atoms with Crippen LogP contribution in [0.1, 0.15) is 0 Å². The number of aromatic nitrogens is 2. The summed E-state index contributed by atoms with van der Waals surface area (Å²) in [6.45, 7) is 0.183. The van der Waals surface area contributed by atoms with Gasteiger partial charge in [-0.25, -0.2) is 0 Å². The van der Waals surface area contributed by atoms with Crippen molar-refractivity contribution in [3.8, 4) is 0 Å². The average molecular weight is 205 g/mol. The molecule has 0 aliphatic heterocycles. The zero-order valence-corrected chi connectivity index (χ0v) is 8.00. The fourth-order valence-electron chi connectivity index (χ4n) is 1.44. The molecule has 1 aromatic heterocycles. The molecule has 0 aliphatic carbocycles. The Morgan fingerprint density at radius 1 is 1.53 bits per heavy atom. The minimum Gasteiger partial charge on any atom is -0.480 e. The molecule has 2 rings (SSSR count). The predicted octanol–water partition coefficient (Wildman–Crippen LogP) is 0.448. The topological polar surface area (TPSA) is 81.1 Å². The Labute approximate surface area is 86.1 Å². The molecule has 0 unspecified atom stereocenters. The van der Waals surface area contributed by atoms with Crippen molar-refractivity contribution in [2.75, 3.05) is 0 Å². The molecule has 1 atom stereocenters. The predicted molar refractivity (Wildman–Crippen MR) is 55.3 cm³/mol. The van der Waals surface area contributed by atoms with E-state index in [4.69, 9.17) is 10.8 Å². The summed E-state index contributed by atoms with van der Waals surface area (Å²) < 4.78 is 1.61. The van der Waals surface area contributed by atoms with Gasteiger partial charge in [-0.3, -0.25) is 9.48 Å². The highest BCUT2D eigenvalue weighted by atomic mass is 16.4. The number of fused-ring (bicyclic) bond motifs is 1. The van der Waals surface area contributed by atoms with Crippen LogP contribution in [0.4, 0.5) is 0 Å². The SMILES string of the molecule is N[C@@H](Cn1ncc2ccccc21)C(=O)O. The van der Waals surface area contributed by atoms with Crippen molar-refractivity contribution in [3.63, 3.8) is 0 Å². The van der Waals surface area contributed by atoms with Gasteiger partial charge in [0.25, 0.3) is 0 Å². The van der Waals surface area contributed by atoms with Gasteiger partial charge in [0.15, 0.2) is 0 Å². The molecule has 0 fully saturated rings. The molecular formula is C10H11N3O2. The number of benzene rings is 1. The van der Waals surface area contributed by atoms with E-state index in [0.717, 1.165) is 10.9 Å². The Morgan fingerprint density at radius 2 is 2.27 bits per heavy atom. The Morgan fingerprint density at radius 3 is 3.00 bits per heavy atom. The number of nitrogens with two attached hydrogens (primary N) is 1. The summed E-state index contributed by atoms with van der Waals surface area (Å²) in [6, 6.07) is 6.67. The molecule has 0 aliphatic rings. The van der Waals surface area contributed by atoms with Crippen LogP contribution in [0, 0.1) is 0 Å². The molecule has 0 radical (unpaired) electrons. The number of hydrogen-bond acceptors (Lipinski definition) is 3. The highest BCUT2D eigenvalue weighted by molar-refractivity contribution is 5.79. The normalized spacial score (nSPS) is 12.9. The summed E-state index contributed by atoms with van der Waals surface area (Å²) in [6.07, 6.45) is 1.70. The van der Waals surface area contributed by atoms with Crippen LogP contribution in [0.3, 0.4) is 0 Å². The third kappa shape index (κ3) is 1.82. The van der Waals surface area contributed by atoms with Gasteiger partial charge in [0.1, 0.15) is 6.04 Å². The third-order valence-corrected chi connectivity index (χ3v) is 2.24. The second-order valence-corrected chi connectivity index (χ2v) is 3.33. The molecule has 1 aromatic carbocycles. The Hall–Kier alpha value is -1.88. The maximum atomic E-state index is 10.6. The fourth-order valence-corrected chi connectivity index (χ4v) is 1.44. The largest absolute Gasteiger partial charge is 0.480 e. The minimum absolute atomic E-state index is 0.183. The first-order chi connectivity index (χ1) is 7.18. The Balaban J connectivity index is 2.32. The Bertz CT molecular complexity index is 492. The lowest BCUT2D eigenvalue weighted by Gasteiger charge is -2.07. The highest BCUT2D eigenvalue weighted by Gasteiger charge is 2.13. The zero-order valence-electron chi connectivity index (χ0n) is 8.00. The molecule has 5 heteroatoms. The molecule has 1 heterocycles. The monoisotopic (exact) mass is 205 g/mol. The van der Waals surface area contributed by atoms with E-state index in [1.165, 1.54) is 0 Å². The van der Waals surface area contributed by atoms with E-state index in [2.05, 4.69) is 5.10 Å². The summed E-state index contributed by atoms with van der Waals surface area (Å²) in [4.78, 5) is 10.6. The van der Waals surface area contributed by atoms with Crippen molar-refractivity contribution in [1.29, 1.82) is 0 Å². The first-order valence-electron chi connectivity index (χ1n) is 4.57. The number of carbonyl (C=O) groups is 1. The van der Waals surface area contributed by atoms with E-state index >= 15 is 0 Å². The maximum Gasteiger partial charge on any atom is 0.322 e. The molecule has 0 saturated carbocycles. The lowest BCUT2D eigenvalue weighted by atomic mass is 10.2. The standard InChI is InChI=1S/C10H11N3O2/c11-8(10(14)15)6-13-9-4-2-1-3-7(9)5-12-13/h1-5,8H,6,11H2,(H,14,15)/t8-/m0/s1. The highest BCUT2D eigenvalue weighted by Crippen LogP contribution is 2.12. The van der Waals surface area contributed by atoms with Crippen molar-refractivity contribution >= 4 is 16.9 Å². The molecule has 0 bridgehead atoms. The van der Waals surface area contributed by atoms with Crippen LogP contribution in [-0.2, 0) is 11.3 Å². The van der Waals surface area contributed by atoms with Crippen molar-refractivity contribution in [3.05, 3.63) is 30.5 Å². The number of carboxylic acids is 1. The van der Waals surface area contributed by atoms with Gasteiger partial charge >= 0.3 is 5.97 Å². The quantitative estimate of drug-likeness (QED) is 0.762. The molecule has 3 N–H and O–H groups in total. The minimum atomic E-state index is -1.02. The Kier molecular flexibility index (Phi) is 2.39. The van der Waals surface area contributed by atoms with Gasteiger partial charge in [-0.1, -0.05) is 18.2 Å². The number of rotatable bonds is 3. The van der Waals surface area contributed by atoms with E-state index in [9.17, 15) is 4.79 Å². The molecule has 0 saturated heterocycles. The smallest absolute Gasteiger partial charge is 0.322 e. The van der Waals surface area contributed by atoms with Gasteiger partial charge in [0, 0.05) is 5.39 Å². The maximum absolute atomic E-state index is 10.6. The summed E-state index contributed by atoms with van der Waals surface area (Å²) >= 11 is 0. The molecule has 78 valence electrons. The number of carboxylic acid groups (broad SMARTS) is 1. The number of aliphatic carboxylic acids is 1. The van der Waals surface area contributed by atoms with E-state index < -0.39 is 12.0 Å². The first-order valence-corrected chi connectivity index (χ1v) is 4.57. The van der Waals surface area contributed by atoms with Gasteiger partial charge in [-0.2, -0.15) is 5.10 Å². The lowest BCUT2D eigenvalue weighted by Crippen LogP contribution is -2.34. The second-order valence-electron chi connectivity index (χ2n) is 3.33. The summed E-state index contributed by atoms with van der Waals surface area (Å²) in [5, 5.41) is 13.8. The second kappa shape index (κ2) is 3.70. The van der Waals surface area contributed by atoms with Crippen LogP contribution in [0.15, 0.2) is 30.5 Å². The first kappa shape index (κ1) is 9.67.